The molecule has 0 spiro atoms. The van der Waals surface area contributed by atoms with Gasteiger partial charge in [-0.3, -0.25) is 10.1 Å². The molecule has 0 bridgehead atoms. The van der Waals surface area contributed by atoms with E-state index in [1.165, 1.54) is 25.3 Å². The van der Waals surface area contributed by atoms with E-state index in [1.54, 1.807) is 31.2 Å². The van der Waals surface area contributed by atoms with E-state index in [0.717, 1.165) is 12.8 Å². The van der Waals surface area contributed by atoms with Gasteiger partial charge in [-0.1, -0.05) is 6.07 Å². The van der Waals surface area contributed by atoms with E-state index < -0.39 is 34.5 Å². The molecule has 3 rings (SSSR count). The number of urea groups is 1. The van der Waals surface area contributed by atoms with Gasteiger partial charge in [0.15, 0.2) is 6.61 Å². The molecule has 0 aromatic heterocycles. The Balaban J connectivity index is 1.54. The van der Waals surface area contributed by atoms with Crippen LogP contribution in [0.15, 0.2) is 47.4 Å². The second-order valence-corrected chi connectivity index (χ2v) is 8.89. The van der Waals surface area contributed by atoms with Crippen LogP contribution in [0.4, 0.5) is 10.5 Å². The molecule has 11 heteroatoms. The highest BCUT2D eigenvalue weighted by Crippen LogP contribution is 2.23. The zero-order valence-corrected chi connectivity index (χ0v) is 18.3. The Bertz CT molecular complexity index is 1130. The number of aryl methyl sites for hydroxylation is 1. The molecule has 0 aliphatic heterocycles. The van der Waals surface area contributed by atoms with E-state index >= 15 is 0 Å². The maximum atomic E-state index is 12.4. The predicted octanol–water partition coefficient (Wildman–Crippen LogP) is 1.95. The third-order valence-electron chi connectivity index (χ3n) is 4.57. The van der Waals surface area contributed by atoms with Crippen molar-refractivity contribution in [1.29, 1.82) is 0 Å². The smallest absolute Gasteiger partial charge is 0.338 e. The summed E-state index contributed by atoms with van der Waals surface area (Å²) < 4.78 is 37.2. The van der Waals surface area contributed by atoms with Crippen LogP contribution in [0, 0.1) is 6.92 Å². The monoisotopic (exact) mass is 461 g/mol. The average molecular weight is 461 g/mol. The molecule has 170 valence electrons. The molecule has 10 nitrogen and oxygen atoms in total. The van der Waals surface area contributed by atoms with E-state index in [0.29, 0.717) is 17.0 Å². The third kappa shape index (κ3) is 6.28. The largest absolute Gasteiger partial charge is 0.497 e. The number of hydrogen-bond donors (Lipinski definition) is 3. The van der Waals surface area contributed by atoms with Crippen LogP contribution in [-0.2, 0) is 19.6 Å². The molecule has 32 heavy (non-hydrogen) atoms. The molecule has 1 aliphatic carbocycles. The topological polar surface area (TPSA) is 140 Å². The minimum Gasteiger partial charge on any atom is -0.497 e. The van der Waals surface area contributed by atoms with Crippen molar-refractivity contribution in [2.24, 2.45) is 0 Å². The standard InChI is InChI=1S/C21H23N3O7S/c1-13-3-10-17(32(28,29)24-15-4-5-15)11-18(13)20(26)31-12-19(25)23-21(27)22-14-6-8-16(30-2)9-7-14/h3,6-11,15,24H,4-5,12H2,1-2H3,(H2,22,23,25,27). The molecule has 0 saturated heterocycles. The second kappa shape index (κ2) is 9.79. The molecule has 3 N–H and O–H groups in total. The van der Waals surface area contributed by atoms with Crippen molar-refractivity contribution in [2.75, 3.05) is 19.0 Å². The Morgan fingerprint density at radius 3 is 2.38 bits per heavy atom. The summed E-state index contributed by atoms with van der Waals surface area (Å²) in [6.45, 7) is 0.898. The van der Waals surface area contributed by atoms with Gasteiger partial charge in [0.1, 0.15) is 5.75 Å². The van der Waals surface area contributed by atoms with Gasteiger partial charge in [0.25, 0.3) is 5.91 Å². The Morgan fingerprint density at radius 2 is 1.75 bits per heavy atom. The first-order valence-corrected chi connectivity index (χ1v) is 11.2. The van der Waals surface area contributed by atoms with Gasteiger partial charge in [0.2, 0.25) is 10.0 Å². The Morgan fingerprint density at radius 1 is 1.06 bits per heavy atom. The molecule has 3 amide bonds. The van der Waals surface area contributed by atoms with Crippen molar-refractivity contribution >= 4 is 33.6 Å². The predicted molar refractivity (Wildman–Crippen MR) is 115 cm³/mol. The Labute approximate surface area is 185 Å². The Hall–Kier alpha value is -3.44. The molecule has 1 fully saturated rings. The summed E-state index contributed by atoms with van der Waals surface area (Å²) in [6, 6.07) is 9.65. The summed E-state index contributed by atoms with van der Waals surface area (Å²) in [4.78, 5) is 36.2. The van der Waals surface area contributed by atoms with Gasteiger partial charge in [-0.25, -0.2) is 22.7 Å². The van der Waals surface area contributed by atoms with Crippen molar-refractivity contribution < 1.29 is 32.3 Å². The zero-order valence-electron chi connectivity index (χ0n) is 17.5. The SMILES string of the molecule is COc1ccc(NC(=O)NC(=O)COC(=O)c2cc(S(=O)(=O)NC3CC3)ccc2C)cc1. The minimum absolute atomic E-state index is 0.0131. The first-order valence-electron chi connectivity index (χ1n) is 9.73. The van der Waals surface area contributed by atoms with Crippen LogP contribution >= 0.6 is 0 Å². The fourth-order valence-electron chi connectivity index (χ4n) is 2.69. The zero-order chi connectivity index (χ0) is 23.3. The molecule has 0 radical (unpaired) electrons. The lowest BCUT2D eigenvalue weighted by Crippen LogP contribution is -2.37. The summed E-state index contributed by atoms with van der Waals surface area (Å²) in [5.41, 5.74) is 0.929. The van der Waals surface area contributed by atoms with Crippen LogP contribution < -0.4 is 20.1 Å². The maximum absolute atomic E-state index is 12.4. The highest BCUT2D eigenvalue weighted by molar-refractivity contribution is 7.89. The molecule has 1 aliphatic rings. The lowest BCUT2D eigenvalue weighted by atomic mass is 10.1. The van der Waals surface area contributed by atoms with Gasteiger partial charge in [-0.05, 0) is 61.7 Å². The third-order valence-corrected chi connectivity index (χ3v) is 6.09. The number of esters is 1. The highest BCUT2D eigenvalue weighted by Gasteiger charge is 2.28. The van der Waals surface area contributed by atoms with Crippen LogP contribution in [0.5, 0.6) is 5.75 Å². The van der Waals surface area contributed by atoms with Crippen LogP contribution in [0.2, 0.25) is 0 Å². The lowest BCUT2D eigenvalue weighted by Gasteiger charge is -2.11. The number of methoxy groups -OCH3 is 1. The summed E-state index contributed by atoms with van der Waals surface area (Å²) >= 11 is 0. The summed E-state index contributed by atoms with van der Waals surface area (Å²) in [5, 5.41) is 4.50. The van der Waals surface area contributed by atoms with E-state index in [2.05, 4.69) is 10.0 Å². The minimum atomic E-state index is -3.75. The summed E-state index contributed by atoms with van der Waals surface area (Å²) in [6.07, 6.45) is 1.56. The number of rotatable bonds is 8. The number of ether oxygens (including phenoxy) is 2. The van der Waals surface area contributed by atoms with Crippen molar-refractivity contribution in [3.63, 3.8) is 0 Å². The van der Waals surface area contributed by atoms with Crippen molar-refractivity contribution in [2.45, 2.75) is 30.7 Å². The van der Waals surface area contributed by atoms with E-state index in [9.17, 15) is 22.8 Å². The number of anilines is 1. The maximum Gasteiger partial charge on any atom is 0.338 e. The van der Waals surface area contributed by atoms with Crippen molar-refractivity contribution in [3.05, 3.63) is 53.6 Å². The van der Waals surface area contributed by atoms with E-state index in [-0.39, 0.29) is 16.5 Å². The van der Waals surface area contributed by atoms with Gasteiger partial charge in [-0.15, -0.1) is 0 Å². The number of amides is 3. The molecule has 0 heterocycles. The Kier molecular flexibility index (Phi) is 7.11. The summed E-state index contributed by atoms with van der Waals surface area (Å²) in [7, 11) is -2.24. The van der Waals surface area contributed by atoms with Crippen LogP contribution in [-0.4, -0.2) is 46.1 Å². The van der Waals surface area contributed by atoms with Crippen LogP contribution in [0.1, 0.15) is 28.8 Å². The van der Waals surface area contributed by atoms with Crippen molar-refractivity contribution in [3.8, 4) is 5.75 Å². The molecule has 2 aromatic rings. The number of hydrogen-bond acceptors (Lipinski definition) is 7. The summed E-state index contributed by atoms with van der Waals surface area (Å²) in [5.74, 6) is -1.12. The highest BCUT2D eigenvalue weighted by atomic mass is 32.2. The number of imide groups is 1. The molecule has 0 unspecified atom stereocenters. The lowest BCUT2D eigenvalue weighted by molar-refractivity contribution is -0.123. The molecule has 0 atom stereocenters. The number of sulfonamides is 1. The number of nitrogens with one attached hydrogen (secondary N) is 3. The molecular weight excluding hydrogens is 438 g/mol. The second-order valence-electron chi connectivity index (χ2n) is 7.18. The quantitative estimate of drug-likeness (QED) is 0.511. The van der Waals surface area contributed by atoms with Gasteiger partial charge >= 0.3 is 12.0 Å². The molecule has 2 aromatic carbocycles. The van der Waals surface area contributed by atoms with Gasteiger partial charge < -0.3 is 14.8 Å². The first-order chi connectivity index (χ1) is 15.2. The van der Waals surface area contributed by atoms with Crippen molar-refractivity contribution in [1.82, 2.24) is 10.0 Å². The van der Waals surface area contributed by atoms with E-state index in [1.807, 2.05) is 5.32 Å². The number of carbonyl (C=O) groups is 3. The van der Waals surface area contributed by atoms with Gasteiger partial charge in [-0.2, -0.15) is 0 Å². The normalized spacial score (nSPS) is 13.2. The van der Waals surface area contributed by atoms with Gasteiger partial charge in [0.05, 0.1) is 17.6 Å². The molecular formula is C21H23N3O7S. The van der Waals surface area contributed by atoms with Gasteiger partial charge in [0, 0.05) is 11.7 Å². The molecule has 1 saturated carbocycles. The number of benzene rings is 2. The fourth-order valence-corrected chi connectivity index (χ4v) is 4.02. The fraction of sp³-hybridized carbons (Fsp3) is 0.286. The van der Waals surface area contributed by atoms with E-state index in [4.69, 9.17) is 9.47 Å². The average Bonchev–Trinajstić information content (AvgIpc) is 3.56. The van der Waals surface area contributed by atoms with Crippen LogP contribution in [0.3, 0.4) is 0 Å². The van der Waals surface area contributed by atoms with Crippen LogP contribution in [0.25, 0.3) is 0 Å². The number of carbonyl (C=O) groups excluding carboxylic acids is 3. The first kappa shape index (κ1) is 23.2.